The maximum Gasteiger partial charge on any atom is 0.255 e. The molecule has 7 nitrogen and oxygen atoms in total. The van der Waals surface area contributed by atoms with Crippen molar-refractivity contribution in [2.75, 3.05) is 11.9 Å². The molecule has 176 valence electrons. The Labute approximate surface area is 204 Å². The number of carbonyl (C=O) groups excluding carboxylic acids is 1. The zero-order valence-corrected chi connectivity index (χ0v) is 19.6. The molecule has 1 unspecified atom stereocenters. The van der Waals surface area contributed by atoms with Gasteiger partial charge in [-0.1, -0.05) is 36.4 Å². The first kappa shape index (κ1) is 23.7. The van der Waals surface area contributed by atoms with Crippen molar-refractivity contribution in [3.8, 4) is 11.8 Å². The number of ether oxygens (including phenoxy) is 1. The Hall–Kier alpha value is -4.41. The molecule has 1 heterocycles. The number of para-hydroxylation sites is 1. The number of aryl methyl sites for hydroxylation is 1. The first-order chi connectivity index (χ1) is 16.9. The topological polar surface area (TPSA) is 100 Å². The van der Waals surface area contributed by atoms with Gasteiger partial charge in [-0.15, -0.1) is 0 Å². The van der Waals surface area contributed by atoms with Crippen LogP contribution in [0.3, 0.4) is 0 Å². The minimum atomic E-state index is -1.31. The highest BCUT2D eigenvalue weighted by atomic mass is 16.5. The van der Waals surface area contributed by atoms with Crippen molar-refractivity contribution in [2.24, 2.45) is 7.05 Å². The average molecular weight is 467 g/mol. The molecule has 4 rings (SSSR count). The van der Waals surface area contributed by atoms with Crippen molar-refractivity contribution in [1.82, 2.24) is 9.55 Å². The Morgan fingerprint density at radius 3 is 2.66 bits per heavy atom. The van der Waals surface area contributed by atoms with E-state index in [1.807, 2.05) is 55.6 Å². The van der Waals surface area contributed by atoms with Crippen LogP contribution in [-0.4, -0.2) is 27.2 Å². The Morgan fingerprint density at radius 1 is 1.14 bits per heavy atom. The molecule has 7 heteroatoms. The number of nitriles is 1. The van der Waals surface area contributed by atoms with Crippen molar-refractivity contribution in [3.05, 3.63) is 113 Å². The Kier molecular flexibility index (Phi) is 6.95. The van der Waals surface area contributed by atoms with E-state index in [4.69, 9.17) is 4.74 Å². The second-order valence-electron chi connectivity index (χ2n) is 8.40. The van der Waals surface area contributed by atoms with E-state index in [9.17, 15) is 15.2 Å². The summed E-state index contributed by atoms with van der Waals surface area (Å²) in [4.78, 5) is 16.7. The van der Waals surface area contributed by atoms with Crippen molar-refractivity contribution in [3.63, 3.8) is 0 Å². The van der Waals surface area contributed by atoms with Gasteiger partial charge in [0.15, 0.2) is 0 Å². The van der Waals surface area contributed by atoms with E-state index in [0.717, 1.165) is 11.3 Å². The van der Waals surface area contributed by atoms with Crippen LogP contribution in [0.4, 0.5) is 5.69 Å². The summed E-state index contributed by atoms with van der Waals surface area (Å²) in [5.41, 5.74) is 2.51. The molecular weight excluding hydrogens is 440 g/mol. The number of nitrogens with one attached hydrogen (secondary N) is 1. The number of carbonyl (C=O) groups is 1. The molecule has 0 aliphatic heterocycles. The molecule has 1 aromatic heterocycles. The van der Waals surface area contributed by atoms with E-state index >= 15 is 0 Å². The molecule has 0 bridgehead atoms. The summed E-state index contributed by atoms with van der Waals surface area (Å²) in [6.07, 6.45) is 3.78. The molecule has 35 heavy (non-hydrogen) atoms. The van der Waals surface area contributed by atoms with Gasteiger partial charge in [0.25, 0.3) is 5.91 Å². The monoisotopic (exact) mass is 466 g/mol. The predicted octanol–water partition coefficient (Wildman–Crippen LogP) is 4.42. The highest BCUT2D eigenvalue weighted by molar-refractivity contribution is 6.04. The zero-order chi connectivity index (χ0) is 24.8. The van der Waals surface area contributed by atoms with Gasteiger partial charge in [-0.25, -0.2) is 4.98 Å². The Morgan fingerprint density at radius 2 is 1.94 bits per heavy atom. The van der Waals surface area contributed by atoms with Crippen LogP contribution in [-0.2, 0) is 19.1 Å². The van der Waals surface area contributed by atoms with Crippen LogP contribution < -0.4 is 10.1 Å². The van der Waals surface area contributed by atoms with Crippen molar-refractivity contribution in [2.45, 2.75) is 18.9 Å². The van der Waals surface area contributed by atoms with Crippen LogP contribution >= 0.6 is 0 Å². The van der Waals surface area contributed by atoms with Crippen LogP contribution in [0.2, 0.25) is 0 Å². The summed E-state index contributed by atoms with van der Waals surface area (Å²) >= 11 is 0. The zero-order valence-electron chi connectivity index (χ0n) is 19.6. The number of rotatable bonds is 8. The van der Waals surface area contributed by atoms with Gasteiger partial charge >= 0.3 is 0 Å². The fourth-order valence-electron chi connectivity index (χ4n) is 3.88. The number of aliphatic hydroxyl groups is 1. The highest BCUT2D eigenvalue weighted by Crippen LogP contribution is 2.32. The minimum Gasteiger partial charge on any atom is -0.492 e. The third-order valence-electron chi connectivity index (χ3n) is 5.85. The van der Waals surface area contributed by atoms with E-state index in [2.05, 4.69) is 16.4 Å². The van der Waals surface area contributed by atoms with E-state index in [-0.39, 0.29) is 5.91 Å². The molecule has 0 saturated heterocycles. The largest absolute Gasteiger partial charge is 0.492 e. The van der Waals surface area contributed by atoms with Gasteiger partial charge < -0.3 is 19.7 Å². The van der Waals surface area contributed by atoms with Gasteiger partial charge in [0, 0.05) is 24.7 Å². The SMILES string of the molecule is Cn1cncc1C(C)(O)c1ccc(C#N)c(OCCc2cccc(C(=O)Nc3ccccc3)c2)c1. The third-order valence-corrected chi connectivity index (χ3v) is 5.85. The van der Waals surface area contributed by atoms with Crippen LogP contribution in [0, 0.1) is 11.3 Å². The lowest BCUT2D eigenvalue weighted by atomic mass is 9.91. The predicted molar refractivity (Wildman–Crippen MR) is 133 cm³/mol. The number of benzene rings is 3. The van der Waals surface area contributed by atoms with Crippen molar-refractivity contribution >= 4 is 11.6 Å². The number of imidazole rings is 1. The fourth-order valence-corrected chi connectivity index (χ4v) is 3.88. The van der Waals surface area contributed by atoms with Crippen LogP contribution in [0.5, 0.6) is 5.75 Å². The molecular formula is C28H26N4O3. The number of hydrogen-bond acceptors (Lipinski definition) is 5. The second kappa shape index (κ2) is 10.2. The van der Waals surface area contributed by atoms with E-state index in [1.54, 1.807) is 48.3 Å². The number of anilines is 1. The summed E-state index contributed by atoms with van der Waals surface area (Å²) in [6, 6.07) is 23.8. The lowest BCUT2D eigenvalue weighted by molar-refractivity contribution is 0.0937. The molecule has 0 spiro atoms. The van der Waals surface area contributed by atoms with Crippen LogP contribution in [0.25, 0.3) is 0 Å². The van der Waals surface area contributed by atoms with Gasteiger partial charge in [-0.3, -0.25) is 4.79 Å². The smallest absolute Gasteiger partial charge is 0.255 e. The van der Waals surface area contributed by atoms with E-state index in [0.29, 0.717) is 41.2 Å². The minimum absolute atomic E-state index is 0.184. The van der Waals surface area contributed by atoms with Gasteiger partial charge in [-0.2, -0.15) is 5.26 Å². The molecule has 4 aromatic rings. The van der Waals surface area contributed by atoms with Gasteiger partial charge in [0.2, 0.25) is 0 Å². The molecule has 1 amide bonds. The lowest BCUT2D eigenvalue weighted by Crippen LogP contribution is -2.25. The summed E-state index contributed by atoms with van der Waals surface area (Å²) in [6.45, 7) is 1.98. The van der Waals surface area contributed by atoms with Gasteiger partial charge in [0.05, 0.1) is 30.4 Å². The van der Waals surface area contributed by atoms with E-state index in [1.165, 1.54) is 0 Å². The first-order valence-electron chi connectivity index (χ1n) is 11.2. The van der Waals surface area contributed by atoms with E-state index < -0.39 is 5.60 Å². The first-order valence-corrected chi connectivity index (χ1v) is 11.2. The quantitative estimate of drug-likeness (QED) is 0.400. The molecule has 0 aliphatic rings. The number of hydrogen-bond donors (Lipinski definition) is 2. The van der Waals surface area contributed by atoms with Crippen molar-refractivity contribution < 1.29 is 14.6 Å². The maximum atomic E-state index is 12.6. The number of aromatic nitrogens is 2. The van der Waals surface area contributed by atoms with Gasteiger partial charge in [-0.05, 0) is 54.4 Å². The number of amides is 1. The Bertz CT molecular complexity index is 1370. The summed E-state index contributed by atoms with van der Waals surface area (Å²) in [7, 11) is 1.81. The summed E-state index contributed by atoms with van der Waals surface area (Å²) in [5.74, 6) is 0.209. The van der Waals surface area contributed by atoms with Crippen molar-refractivity contribution in [1.29, 1.82) is 5.26 Å². The normalized spacial score (nSPS) is 12.4. The molecule has 3 aromatic carbocycles. The Balaban J connectivity index is 1.45. The lowest BCUT2D eigenvalue weighted by Gasteiger charge is -2.25. The number of nitrogens with zero attached hydrogens (tertiary/aromatic N) is 3. The van der Waals surface area contributed by atoms with Crippen LogP contribution in [0.15, 0.2) is 85.3 Å². The molecule has 0 fully saturated rings. The summed E-state index contributed by atoms with van der Waals surface area (Å²) < 4.78 is 7.70. The van der Waals surface area contributed by atoms with Gasteiger partial charge in [0.1, 0.15) is 17.4 Å². The molecule has 0 aliphatic carbocycles. The second-order valence-corrected chi connectivity index (χ2v) is 8.40. The molecule has 0 saturated carbocycles. The fraction of sp³-hybridized carbons (Fsp3) is 0.179. The standard InChI is InChI=1S/C28H26N4O3/c1-28(34,26-18-30-19-32(26)2)23-12-11-22(17-29)25(16-23)35-14-13-20-7-6-8-21(15-20)27(33)31-24-9-4-3-5-10-24/h3-12,15-16,18-19,34H,13-14H2,1-2H3,(H,31,33). The summed E-state index contributed by atoms with van der Waals surface area (Å²) in [5, 5.41) is 23.6. The molecule has 2 N–H and O–H groups in total. The molecule has 0 radical (unpaired) electrons. The third kappa shape index (κ3) is 5.40. The average Bonchev–Trinajstić information content (AvgIpc) is 3.31. The maximum absolute atomic E-state index is 12.6. The highest BCUT2D eigenvalue weighted by Gasteiger charge is 2.29. The van der Waals surface area contributed by atoms with Crippen LogP contribution in [0.1, 0.15) is 39.7 Å². The molecule has 1 atom stereocenters.